The third-order valence-electron chi connectivity index (χ3n) is 5.47. The van der Waals surface area contributed by atoms with Gasteiger partial charge in [-0.1, -0.05) is 45.0 Å². The fraction of sp³-hybridized carbons (Fsp3) is 0.591. The van der Waals surface area contributed by atoms with E-state index in [4.69, 9.17) is 0 Å². The van der Waals surface area contributed by atoms with E-state index in [1.807, 2.05) is 45.0 Å². The number of aliphatic hydroxyl groups excluding tert-OH is 1. The van der Waals surface area contributed by atoms with Crippen molar-refractivity contribution in [3.63, 3.8) is 0 Å². The van der Waals surface area contributed by atoms with Crippen molar-refractivity contribution in [2.75, 3.05) is 22.9 Å². The number of rotatable bonds is 11. The standard InChI is InChI=1S/C22H33N5O4S/c1-14(2)10-18(13-28)23-20-24-19(25-21(26-20)27-32(4,30)31)11-15(3)16-6-5-7-17(12-16)22(29)8-9-22/h5-7,12,14-15,18,28-29H,8-11,13H2,1-4H3,(H2,23,24,25,26,27). The van der Waals surface area contributed by atoms with Crippen LogP contribution in [-0.4, -0.2) is 52.5 Å². The van der Waals surface area contributed by atoms with Gasteiger partial charge in [0, 0.05) is 6.42 Å². The van der Waals surface area contributed by atoms with Gasteiger partial charge in [-0.3, -0.25) is 4.72 Å². The average Bonchev–Trinajstić information content (AvgIpc) is 3.44. The van der Waals surface area contributed by atoms with Crippen LogP contribution in [0.1, 0.15) is 62.9 Å². The number of hydrogen-bond donors (Lipinski definition) is 4. The molecule has 1 aliphatic carbocycles. The molecule has 1 aromatic carbocycles. The summed E-state index contributed by atoms with van der Waals surface area (Å²) in [4.78, 5) is 13.0. The third-order valence-corrected chi connectivity index (χ3v) is 6.03. The molecule has 2 atom stereocenters. The van der Waals surface area contributed by atoms with Gasteiger partial charge in [0.2, 0.25) is 21.9 Å². The Morgan fingerprint density at radius 2 is 1.81 bits per heavy atom. The van der Waals surface area contributed by atoms with Gasteiger partial charge in [-0.15, -0.1) is 0 Å². The molecule has 0 radical (unpaired) electrons. The fourth-order valence-electron chi connectivity index (χ4n) is 3.65. The van der Waals surface area contributed by atoms with Gasteiger partial charge in [0.25, 0.3) is 0 Å². The second-order valence-electron chi connectivity index (χ2n) is 9.19. The second kappa shape index (κ2) is 9.68. The molecule has 2 unspecified atom stereocenters. The van der Waals surface area contributed by atoms with Gasteiger partial charge in [-0.25, -0.2) is 8.42 Å². The van der Waals surface area contributed by atoms with Gasteiger partial charge in [0.15, 0.2) is 0 Å². The largest absolute Gasteiger partial charge is 0.394 e. The lowest BCUT2D eigenvalue weighted by Gasteiger charge is -2.19. The zero-order chi connectivity index (χ0) is 23.5. The summed E-state index contributed by atoms with van der Waals surface area (Å²) in [6.07, 6.45) is 3.74. The smallest absolute Gasteiger partial charge is 0.241 e. The number of aromatic nitrogens is 3. The van der Waals surface area contributed by atoms with Gasteiger partial charge >= 0.3 is 0 Å². The molecule has 1 heterocycles. The SMILES string of the molecule is CC(C)CC(CO)Nc1nc(CC(C)c2cccc(C3(O)CC3)c2)nc(NS(C)(=O)=O)n1. The highest BCUT2D eigenvalue weighted by Crippen LogP contribution is 2.45. The van der Waals surface area contributed by atoms with E-state index in [0.717, 1.165) is 30.2 Å². The van der Waals surface area contributed by atoms with Crippen LogP contribution in [0.5, 0.6) is 0 Å². The Balaban J connectivity index is 1.84. The van der Waals surface area contributed by atoms with Crippen molar-refractivity contribution in [1.82, 2.24) is 15.0 Å². The normalized spacial score (nSPS) is 17.1. The van der Waals surface area contributed by atoms with Gasteiger partial charge < -0.3 is 15.5 Å². The molecule has 9 nitrogen and oxygen atoms in total. The zero-order valence-corrected chi connectivity index (χ0v) is 19.9. The lowest BCUT2D eigenvalue weighted by atomic mass is 9.94. The number of nitrogens with zero attached hydrogens (tertiary/aromatic N) is 3. The van der Waals surface area contributed by atoms with Gasteiger partial charge in [0.1, 0.15) is 5.82 Å². The lowest BCUT2D eigenvalue weighted by molar-refractivity contribution is 0.151. The van der Waals surface area contributed by atoms with Crippen molar-refractivity contribution >= 4 is 21.9 Å². The molecule has 1 fully saturated rings. The van der Waals surface area contributed by atoms with Crippen molar-refractivity contribution in [3.05, 3.63) is 41.2 Å². The van der Waals surface area contributed by atoms with Crippen molar-refractivity contribution in [3.8, 4) is 0 Å². The number of aliphatic hydroxyl groups is 2. The Bertz CT molecular complexity index is 1040. The maximum atomic E-state index is 11.7. The van der Waals surface area contributed by atoms with Crippen molar-refractivity contribution in [2.45, 2.75) is 64.0 Å². The molecule has 1 saturated carbocycles. The van der Waals surface area contributed by atoms with E-state index >= 15 is 0 Å². The Hall–Kier alpha value is -2.30. The summed E-state index contributed by atoms with van der Waals surface area (Å²) in [5.74, 6) is 0.965. The Labute approximate surface area is 189 Å². The third kappa shape index (κ3) is 6.85. The maximum absolute atomic E-state index is 11.7. The van der Waals surface area contributed by atoms with Crippen LogP contribution in [0.15, 0.2) is 24.3 Å². The van der Waals surface area contributed by atoms with E-state index in [-0.39, 0.29) is 30.5 Å². The number of anilines is 2. The molecule has 0 saturated heterocycles. The molecule has 0 amide bonds. The number of sulfonamides is 1. The first-order chi connectivity index (χ1) is 15.0. The van der Waals surface area contributed by atoms with Crippen LogP contribution in [0.25, 0.3) is 0 Å². The fourth-order valence-corrected chi connectivity index (χ4v) is 4.07. The molecule has 1 aromatic heterocycles. The van der Waals surface area contributed by atoms with E-state index in [9.17, 15) is 18.6 Å². The summed E-state index contributed by atoms with van der Waals surface area (Å²) in [5.41, 5.74) is 1.25. The van der Waals surface area contributed by atoms with Crippen LogP contribution >= 0.6 is 0 Å². The van der Waals surface area contributed by atoms with Crippen LogP contribution in [0.3, 0.4) is 0 Å². The minimum absolute atomic E-state index is 0.0305. The summed E-state index contributed by atoms with van der Waals surface area (Å²) in [6, 6.07) is 7.63. The minimum atomic E-state index is -3.57. The highest BCUT2D eigenvalue weighted by atomic mass is 32.2. The number of benzene rings is 1. The number of nitrogens with one attached hydrogen (secondary N) is 2. The molecule has 4 N–H and O–H groups in total. The van der Waals surface area contributed by atoms with Gasteiger partial charge in [-0.2, -0.15) is 15.0 Å². The van der Waals surface area contributed by atoms with E-state index in [0.29, 0.717) is 24.6 Å². The van der Waals surface area contributed by atoms with E-state index < -0.39 is 15.6 Å². The average molecular weight is 464 g/mol. The number of hydrogen-bond acceptors (Lipinski definition) is 8. The highest BCUT2D eigenvalue weighted by molar-refractivity contribution is 7.91. The summed E-state index contributed by atoms with van der Waals surface area (Å²) in [7, 11) is -3.57. The van der Waals surface area contributed by atoms with E-state index in [2.05, 4.69) is 25.0 Å². The topological polar surface area (TPSA) is 137 Å². The summed E-state index contributed by atoms with van der Waals surface area (Å²) in [5, 5.41) is 23.2. The second-order valence-corrected chi connectivity index (χ2v) is 10.9. The molecular formula is C22H33N5O4S. The van der Waals surface area contributed by atoms with Crippen molar-refractivity contribution in [2.24, 2.45) is 5.92 Å². The van der Waals surface area contributed by atoms with Crippen LogP contribution in [0.2, 0.25) is 0 Å². The van der Waals surface area contributed by atoms with Crippen LogP contribution in [0, 0.1) is 5.92 Å². The molecular weight excluding hydrogens is 430 g/mol. The first kappa shape index (κ1) is 24.3. The molecule has 0 spiro atoms. The van der Waals surface area contributed by atoms with Gasteiger partial charge in [-0.05, 0) is 42.2 Å². The summed E-state index contributed by atoms with van der Waals surface area (Å²) < 4.78 is 25.8. The van der Waals surface area contributed by atoms with Crippen LogP contribution in [-0.2, 0) is 22.0 Å². The molecule has 1 aliphatic rings. The molecule has 0 bridgehead atoms. The molecule has 0 aliphatic heterocycles. The first-order valence-electron chi connectivity index (χ1n) is 10.9. The highest BCUT2D eigenvalue weighted by Gasteiger charge is 2.42. The van der Waals surface area contributed by atoms with Crippen LogP contribution < -0.4 is 10.0 Å². The van der Waals surface area contributed by atoms with Gasteiger partial charge in [0.05, 0.1) is 24.5 Å². The molecule has 32 heavy (non-hydrogen) atoms. The molecule has 10 heteroatoms. The van der Waals surface area contributed by atoms with Crippen molar-refractivity contribution in [1.29, 1.82) is 0 Å². The predicted octanol–water partition coefficient (Wildman–Crippen LogP) is 2.39. The van der Waals surface area contributed by atoms with E-state index in [1.54, 1.807) is 0 Å². The maximum Gasteiger partial charge on any atom is 0.241 e. The molecule has 2 aromatic rings. The Morgan fingerprint density at radius 3 is 2.41 bits per heavy atom. The zero-order valence-electron chi connectivity index (χ0n) is 19.0. The first-order valence-corrected chi connectivity index (χ1v) is 12.8. The van der Waals surface area contributed by atoms with Crippen molar-refractivity contribution < 1.29 is 18.6 Å². The monoisotopic (exact) mass is 463 g/mol. The Morgan fingerprint density at radius 1 is 1.12 bits per heavy atom. The summed E-state index contributed by atoms with van der Waals surface area (Å²) >= 11 is 0. The molecule has 176 valence electrons. The minimum Gasteiger partial charge on any atom is -0.394 e. The van der Waals surface area contributed by atoms with Crippen LogP contribution in [0.4, 0.5) is 11.9 Å². The Kier molecular flexibility index (Phi) is 7.36. The predicted molar refractivity (Wildman–Crippen MR) is 124 cm³/mol. The quantitative estimate of drug-likeness (QED) is 0.399. The molecule has 3 rings (SSSR count). The summed E-state index contributed by atoms with van der Waals surface area (Å²) in [6.45, 7) is 6.04. The lowest BCUT2D eigenvalue weighted by Crippen LogP contribution is -2.27. The van der Waals surface area contributed by atoms with E-state index in [1.165, 1.54) is 0 Å².